The molecule has 2 N–H and O–H groups in total. The number of nitrogens with zero attached hydrogens (tertiary/aromatic N) is 3. The summed E-state index contributed by atoms with van der Waals surface area (Å²) in [6, 6.07) is 0. The SMILES string of the molecule is CCO[C@@H]1C[C@H](S(N)(=O)=O)CN(c2ncc(F)cn2)C1. The van der Waals surface area contributed by atoms with Gasteiger partial charge in [0.05, 0.1) is 23.7 Å². The van der Waals surface area contributed by atoms with E-state index in [0.29, 0.717) is 19.6 Å². The first-order valence-corrected chi connectivity index (χ1v) is 7.86. The van der Waals surface area contributed by atoms with E-state index in [-0.39, 0.29) is 18.6 Å². The normalized spacial score (nSPS) is 23.9. The Labute approximate surface area is 117 Å². The molecule has 1 saturated heterocycles. The third kappa shape index (κ3) is 3.62. The van der Waals surface area contributed by atoms with Crippen LogP contribution in [0, 0.1) is 5.82 Å². The number of ether oxygens (including phenoxy) is 1. The molecule has 1 aromatic heterocycles. The Hall–Kier alpha value is -1.32. The summed E-state index contributed by atoms with van der Waals surface area (Å²) in [5.41, 5.74) is 0. The zero-order valence-electron chi connectivity index (χ0n) is 11.1. The van der Waals surface area contributed by atoms with Crippen molar-refractivity contribution in [2.24, 2.45) is 5.14 Å². The predicted octanol–water partition coefficient (Wildman–Crippen LogP) is -0.112. The fourth-order valence-electron chi connectivity index (χ4n) is 2.23. The maximum absolute atomic E-state index is 12.8. The molecule has 1 aliphatic heterocycles. The molecule has 2 rings (SSSR count). The van der Waals surface area contributed by atoms with E-state index >= 15 is 0 Å². The lowest BCUT2D eigenvalue weighted by Gasteiger charge is -2.36. The summed E-state index contributed by atoms with van der Waals surface area (Å²) in [4.78, 5) is 9.37. The lowest BCUT2D eigenvalue weighted by Crippen LogP contribution is -2.51. The van der Waals surface area contributed by atoms with Crippen molar-refractivity contribution >= 4 is 16.0 Å². The largest absolute Gasteiger partial charge is 0.377 e. The smallest absolute Gasteiger partial charge is 0.225 e. The molecule has 1 aromatic rings. The van der Waals surface area contributed by atoms with E-state index in [2.05, 4.69) is 9.97 Å². The van der Waals surface area contributed by atoms with E-state index in [9.17, 15) is 12.8 Å². The van der Waals surface area contributed by atoms with Gasteiger partial charge in [0.25, 0.3) is 0 Å². The molecule has 1 fully saturated rings. The average molecular weight is 304 g/mol. The Morgan fingerprint density at radius 1 is 1.45 bits per heavy atom. The summed E-state index contributed by atoms with van der Waals surface area (Å²) in [6.45, 7) is 2.93. The number of halogens is 1. The maximum Gasteiger partial charge on any atom is 0.225 e. The van der Waals surface area contributed by atoms with E-state index < -0.39 is 21.1 Å². The third-order valence-corrected chi connectivity index (χ3v) is 4.40. The lowest BCUT2D eigenvalue weighted by atomic mass is 10.1. The minimum absolute atomic E-state index is 0.175. The molecule has 0 bridgehead atoms. The van der Waals surface area contributed by atoms with Gasteiger partial charge in [-0.25, -0.2) is 27.9 Å². The van der Waals surface area contributed by atoms with Crippen molar-refractivity contribution < 1.29 is 17.5 Å². The van der Waals surface area contributed by atoms with Crippen molar-refractivity contribution in [2.45, 2.75) is 24.7 Å². The summed E-state index contributed by atoms with van der Waals surface area (Å²) >= 11 is 0. The first-order chi connectivity index (χ1) is 9.40. The average Bonchev–Trinajstić information content (AvgIpc) is 2.38. The highest BCUT2D eigenvalue weighted by Gasteiger charge is 2.35. The number of hydrogen-bond donors (Lipinski definition) is 1. The van der Waals surface area contributed by atoms with E-state index in [1.807, 2.05) is 6.92 Å². The monoisotopic (exact) mass is 304 g/mol. The van der Waals surface area contributed by atoms with Crippen LogP contribution in [0.5, 0.6) is 0 Å². The van der Waals surface area contributed by atoms with Gasteiger partial charge in [-0.2, -0.15) is 0 Å². The summed E-state index contributed by atoms with van der Waals surface area (Å²) in [7, 11) is -3.68. The molecule has 1 aliphatic rings. The first-order valence-electron chi connectivity index (χ1n) is 6.26. The Kier molecular flexibility index (Phi) is 4.51. The molecular weight excluding hydrogens is 287 g/mol. The Bertz CT molecular complexity index is 551. The number of anilines is 1. The standard InChI is InChI=1S/C11H17FN4O3S/c1-2-19-9-3-10(20(13,17)18)7-16(6-9)11-14-4-8(12)5-15-11/h4-5,9-10H,2-3,6-7H2,1H3,(H2,13,17,18)/t9-,10+/m1/s1. The maximum atomic E-state index is 12.8. The molecule has 20 heavy (non-hydrogen) atoms. The number of piperidine rings is 1. The fourth-order valence-corrected chi connectivity index (χ4v) is 3.11. The highest BCUT2D eigenvalue weighted by molar-refractivity contribution is 7.89. The molecule has 0 unspecified atom stereocenters. The van der Waals surface area contributed by atoms with Crippen LogP contribution in [-0.4, -0.2) is 49.4 Å². The Balaban J connectivity index is 2.21. The van der Waals surface area contributed by atoms with Gasteiger partial charge in [-0.15, -0.1) is 0 Å². The number of sulfonamides is 1. The number of rotatable bonds is 4. The van der Waals surface area contributed by atoms with Gasteiger partial charge in [0.15, 0.2) is 5.82 Å². The molecule has 9 heteroatoms. The van der Waals surface area contributed by atoms with E-state index in [1.165, 1.54) is 0 Å². The van der Waals surface area contributed by atoms with Crippen molar-refractivity contribution in [3.63, 3.8) is 0 Å². The third-order valence-electron chi connectivity index (χ3n) is 3.13. The van der Waals surface area contributed by atoms with Crippen LogP contribution in [0.2, 0.25) is 0 Å². The molecule has 0 aromatic carbocycles. The second kappa shape index (κ2) is 5.98. The summed E-state index contributed by atoms with van der Waals surface area (Å²) in [6.07, 6.45) is 2.15. The summed E-state index contributed by atoms with van der Waals surface area (Å²) in [5, 5.41) is 4.47. The highest BCUT2D eigenvalue weighted by atomic mass is 32.2. The minimum Gasteiger partial charge on any atom is -0.377 e. The second-order valence-corrected chi connectivity index (χ2v) is 6.48. The van der Waals surface area contributed by atoms with Gasteiger partial charge >= 0.3 is 0 Å². The zero-order valence-corrected chi connectivity index (χ0v) is 11.9. The minimum atomic E-state index is -3.68. The molecular formula is C11H17FN4O3S. The summed E-state index contributed by atoms with van der Waals surface area (Å²) in [5.74, 6) is -0.278. The number of hydrogen-bond acceptors (Lipinski definition) is 6. The quantitative estimate of drug-likeness (QED) is 0.833. The first kappa shape index (κ1) is 15.1. The van der Waals surface area contributed by atoms with Gasteiger partial charge in [0, 0.05) is 19.7 Å². The van der Waals surface area contributed by atoms with Gasteiger partial charge < -0.3 is 9.64 Å². The molecule has 0 amide bonds. The van der Waals surface area contributed by atoms with Crippen molar-refractivity contribution in [2.75, 3.05) is 24.6 Å². The number of aromatic nitrogens is 2. The molecule has 2 atom stereocenters. The van der Waals surface area contributed by atoms with Gasteiger partial charge in [0.1, 0.15) is 0 Å². The van der Waals surface area contributed by atoms with Gasteiger partial charge in [-0.3, -0.25) is 0 Å². The molecule has 2 heterocycles. The van der Waals surface area contributed by atoms with Gasteiger partial charge in [-0.1, -0.05) is 0 Å². The van der Waals surface area contributed by atoms with Crippen molar-refractivity contribution in [3.8, 4) is 0 Å². The topological polar surface area (TPSA) is 98.4 Å². The molecule has 0 spiro atoms. The second-order valence-electron chi connectivity index (χ2n) is 4.63. The van der Waals surface area contributed by atoms with E-state index in [0.717, 1.165) is 12.4 Å². The fraction of sp³-hybridized carbons (Fsp3) is 0.636. The number of nitrogens with two attached hydrogens (primary N) is 1. The van der Waals surface area contributed by atoms with Gasteiger partial charge in [0.2, 0.25) is 16.0 Å². The van der Waals surface area contributed by atoms with Crippen molar-refractivity contribution in [1.82, 2.24) is 9.97 Å². The van der Waals surface area contributed by atoms with Crippen LogP contribution in [0.15, 0.2) is 12.4 Å². The Morgan fingerprint density at radius 2 is 2.10 bits per heavy atom. The van der Waals surface area contributed by atoms with Crippen molar-refractivity contribution in [1.29, 1.82) is 0 Å². The molecule has 0 aliphatic carbocycles. The van der Waals surface area contributed by atoms with Crippen LogP contribution < -0.4 is 10.0 Å². The van der Waals surface area contributed by atoms with E-state index in [4.69, 9.17) is 9.88 Å². The number of primary sulfonamides is 1. The molecule has 0 saturated carbocycles. The zero-order chi connectivity index (χ0) is 14.8. The van der Waals surface area contributed by atoms with Crippen LogP contribution in [0.4, 0.5) is 10.3 Å². The van der Waals surface area contributed by atoms with Gasteiger partial charge in [-0.05, 0) is 13.3 Å². The molecule has 0 radical (unpaired) electrons. The van der Waals surface area contributed by atoms with Crippen LogP contribution >= 0.6 is 0 Å². The highest BCUT2D eigenvalue weighted by Crippen LogP contribution is 2.21. The predicted molar refractivity (Wildman–Crippen MR) is 71.1 cm³/mol. The molecule has 7 nitrogen and oxygen atoms in total. The van der Waals surface area contributed by atoms with Crippen molar-refractivity contribution in [3.05, 3.63) is 18.2 Å². The summed E-state index contributed by atoms with van der Waals surface area (Å²) < 4.78 is 41.4. The van der Waals surface area contributed by atoms with Crippen LogP contribution in [0.25, 0.3) is 0 Å². The molecule has 112 valence electrons. The van der Waals surface area contributed by atoms with E-state index in [1.54, 1.807) is 4.90 Å². The lowest BCUT2D eigenvalue weighted by molar-refractivity contribution is 0.0531. The van der Waals surface area contributed by atoms with Crippen LogP contribution in [-0.2, 0) is 14.8 Å². The van der Waals surface area contributed by atoms with Crippen LogP contribution in [0.3, 0.4) is 0 Å². The Morgan fingerprint density at radius 3 is 2.65 bits per heavy atom. The van der Waals surface area contributed by atoms with Crippen LogP contribution in [0.1, 0.15) is 13.3 Å².